The zero-order valence-corrected chi connectivity index (χ0v) is 14.8. The molecule has 0 radical (unpaired) electrons. The summed E-state index contributed by atoms with van der Waals surface area (Å²) in [5.41, 5.74) is -1.97. The van der Waals surface area contributed by atoms with Gasteiger partial charge in [-0.2, -0.15) is 18.3 Å². The first-order valence-electron chi connectivity index (χ1n) is 8.42. The van der Waals surface area contributed by atoms with Gasteiger partial charge in [-0.1, -0.05) is 12.1 Å². The number of benzene rings is 1. The Bertz CT molecular complexity index is 1310. The van der Waals surface area contributed by atoms with E-state index in [-0.39, 0.29) is 34.5 Å². The number of rotatable bonds is 3. The van der Waals surface area contributed by atoms with Crippen molar-refractivity contribution in [3.05, 3.63) is 64.2 Å². The van der Waals surface area contributed by atoms with Gasteiger partial charge in [0.25, 0.3) is 5.56 Å². The third-order valence-electron chi connectivity index (χ3n) is 4.23. The minimum Gasteiger partial charge on any atom is -0.462 e. The number of nitrogens with zero attached hydrogens (tertiary/aromatic N) is 5. The topological polar surface area (TPSA) is 91.4 Å². The number of fused-ring (bicyclic) bond motifs is 3. The minimum atomic E-state index is -4.64. The molecule has 0 N–H and O–H groups in total. The largest absolute Gasteiger partial charge is 0.462 e. The lowest BCUT2D eigenvalue weighted by Crippen LogP contribution is -2.23. The molecule has 1 aromatic carbocycles. The van der Waals surface area contributed by atoms with E-state index in [2.05, 4.69) is 15.3 Å². The van der Waals surface area contributed by atoms with Crippen molar-refractivity contribution in [2.75, 3.05) is 6.61 Å². The monoisotopic (exact) mass is 403 g/mol. The molecular formula is C18H12F3N5O3. The summed E-state index contributed by atoms with van der Waals surface area (Å²) < 4.78 is 47.0. The lowest BCUT2D eigenvalue weighted by atomic mass is 10.1. The van der Waals surface area contributed by atoms with Crippen molar-refractivity contribution < 1.29 is 22.7 Å². The zero-order valence-electron chi connectivity index (χ0n) is 14.8. The maximum Gasteiger partial charge on any atom is 0.418 e. The molecular weight excluding hydrogens is 391 g/mol. The Labute approximate surface area is 160 Å². The first-order valence-corrected chi connectivity index (χ1v) is 8.42. The van der Waals surface area contributed by atoms with Gasteiger partial charge in [0.15, 0.2) is 11.2 Å². The maximum atomic E-state index is 13.3. The van der Waals surface area contributed by atoms with E-state index in [1.807, 2.05) is 0 Å². The molecule has 29 heavy (non-hydrogen) atoms. The second-order valence-corrected chi connectivity index (χ2v) is 5.95. The third-order valence-corrected chi connectivity index (χ3v) is 4.23. The molecule has 0 aliphatic heterocycles. The van der Waals surface area contributed by atoms with E-state index in [0.717, 1.165) is 10.6 Å². The molecule has 4 aromatic rings. The predicted octanol–water partition coefficient (Wildman–Crippen LogP) is 2.62. The first-order chi connectivity index (χ1) is 13.8. The highest BCUT2D eigenvalue weighted by atomic mass is 19.4. The van der Waals surface area contributed by atoms with E-state index in [4.69, 9.17) is 4.74 Å². The number of ether oxygens (including phenoxy) is 1. The Balaban J connectivity index is 1.94. The van der Waals surface area contributed by atoms with Crippen LogP contribution >= 0.6 is 0 Å². The van der Waals surface area contributed by atoms with Crippen LogP contribution in [0.5, 0.6) is 0 Å². The molecule has 0 atom stereocenters. The normalized spacial score (nSPS) is 11.9. The van der Waals surface area contributed by atoms with Crippen LogP contribution in [-0.2, 0) is 10.9 Å². The highest BCUT2D eigenvalue weighted by molar-refractivity contribution is 5.96. The van der Waals surface area contributed by atoms with E-state index in [9.17, 15) is 22.8 Å². The number of pyridine rings is 1. The fourth-order valence-electron chi connectivity index (χ4n) is 2.96. The van der Waals surface area contributed by atoms with E-state index in [0.29, 0.717) is 0 Å². The molecule has 4 rings (SSSR count). The Morgan fingerprint density at radius 1 is 1.17 bits per heavy atom. The van der Waals surface area contributed by atoms with Crippen LogP contribution in [-0.4, -0.2) is 37.0 Å². The Kier molecular flexibility index (Phi) is 4.29. The zero-order chi connectivity index (χ0) is 20.8. The number of halogens is 3. The smallest absolute Gasteiger partial charge is 0.418 e. The van der Waals surface area contributed by atoms with Crippen LogP contribution in [0.2, 0.25) is 0 Å². The first kappa shape index (κ1) is 18.6. The van der Waals surface area contributed by atoms with Crippen LogP contribution < -0.4 is 5.56 Å². The van der Waals surface area contributed by atoms with E-state index in [1.54, 1.807) is 6.92 Å². The molecule has 0 bridgehead atoms. The number of carbonyl (C=O) groups excluding carboxylic acids is 1. The SMILES string of the molecule is CCOC(=O)c1cnn2c1nnc1c(=O)n(-c3ccccc3C(F)(F)F)ccc12. The standard InChI is InChI=1S/C18H12F3N5O3/c1-2-29-17(28)10-9-22-26-13-7-8-25(16(27)14(13)23-24-15(10)26)12-6-4-3-5-11(12)18(19,20)21/h3-9H,2H2,1H3. The number of carbonyl (C=O) groups is 1. The van der Waals surface area contributed by atoms with E-state index < -0.39 is 23.3 Å². The third kappa shape index (κ3) is 3.00. The van der Waals surface area contributed by atoms with Crippen molar-refractivity contribution in [2.24, 2.45) is 0 Å². The molecule has 0 saturated carbocycles. The van der Waals surface area contributed by atoms with Crippen molar-refractivity contribution in [1.29, 1.82) is 0 Å². The summed E-state index contributed by atoms with van der Waals surface area (Å²) in [6.45, 7) is 1.80. The van der Waals surface area contributed by atoms with Gasteiger partial charge >= 0.3 is 12.1 Å². The quantitative estimate of drug-likeness (QED) is 0.489. The summed E-state index contributed by atoms with van der Waals surface area (Å²) in [7, 11) is 0. The Morgan fingerprint density at radius 2 is 1.93 bits per heavy atom. The highest BCUT2D eigenvalue weighted by Gasteiger charge is 2.34. The number of alkyl halides is 3. The highest BCUT2D eigenvalue weighted by Crippen LogP contribution is 2.33. The summed E-state index contributed by atoms with van der Waals surface area (Å²) in [5.74, 6) is -0.649. The average Bonchev–Trinajstić information content (AvgIpc) is 3.12. The van der Waals surface area contributed by atoms with Crippen molar-refractivity contribution in [3.63, 3.8) is 0 Å². The molecule has 8 nitrogen and oxygen atoms in total. The van der Waals surface area contributed by atoms with Crippen molar-refractivity contribution in [2.45, 2.75) is 13.1 Å². The van der Waals surface area contributed by atoms with Gasteiger partial charge in [-0.25, -0.2) is 9.31 Å². The van der Waals surface area contributed by atoms with Crippen LogP contribution in [0.15, 0.2) is 47.5 Å². The van der Waals surface area contributed by atoms with Gasteiger partial charge in [0, 0.05) is 6.20 Å². The molecule has 0 unspecified atom stereocenters. The van der Waals surface area contributed by atoms with Crippen LogP contribution in [0.3, 0.4) is 0 Å². The van der Waals surface area contributed by atoms with Gasteiger partial charge in [0.1, 0.15) is 11.1 Å². The fourth-order valence-corrected chi connectivity index (χ4v) is 2.96. The second-order valence-electron chi connectivity index (χ2n) is 5.95. The summed E-state index contributed by atoms with van der Waals surface area (Å²) in [5, 5.41) is 11.7. The van der Waals surface area contributed by atoms with Gasteiger partial charge in [0.05, 0.1) is 24.1 Å². The molecule has 0 aliphatic carbocycles. The molecule has 11 heteroatoms. The number of hydrogen-bond acceptors (Lipinski definition) is 6. The van der Waals surface area contributed by atoms with Crippen molar-refractivity contribution >= 4 is 22.6 Å². The van der Waals surface area contributed by atoms with Gasteiger partial charge in [0.2, 0.25) is 0 Å². The minimum absolute atomic E-state index is 0.0628. The average molecular weight is 403 g/mol. The molecule has 0 aliphatic rings. The molecule has 0 fully saturated rings. The van der Waals surface area contributed by atoms with Crippen molar-refractivity contribution in [3.8, 4) is 5.69 Å². The number of esters is 1. The van der Waals surface area contributed by atoms with Crippen LogP contribution in [0.25, 0.3) is 22.4 Å². The summed E-state index contributed by atoms with van der Waals surface area (Å²) >= 11 is 0. The number of aromatic nitrogens is 5. The molecule has 148 valence electrons. The Morgan fingerprint density at radius 3 is 2.66 bits per heavy atom. The van der Waals surface area contributed by atoms with Crippen molar-refractivity contribution in [1.82, 2.24) is 24.4 Å². The summed E-state index contributed by atoms with van der Waals surface area (Å²) in [6.07, 6.45) is -2.22. The van der Waals surface area contributed by atoms with Gasteiger partial charge in [-0.05, 0) is 25.1 Å². The van der Waals surface area contributed by atoms with Crippen LogP contribution in [0.4, 0.5) is 13.2 Å². The molecule has 0 spiro atoms. The Hall–Kier alpha value is -3.76. The fraction of sp³-hybridized carbons (Fsp3) is 0.167. The van der Waals surface area contributed by atoms with Crippen LogP contribution in [0.1, 0.15) is 22.8 Å². The molecule has 0 amide bonds. The van der Waals surface area contributed by atoms with Gasteiger partial charge < -0.3 is 4.74 Å². The molecule has 3 aromatic heterocycles. The van der Waals surface area contributed by atoms with E-state index in [1.165, 1.54) is 41.2 Å². The van der Waals surface area contributed by atoms with Gasteiger partial charge in [-0.15, -0.1) is 10.2 Å². The number of para-hydroxylation sites is 1. The van der Waals surface area contributed by atoms with Gasteiger partial charge in [-0.3, -0.25) is 9.36 Å². The molecule has 3 heterocycles. The molecule has 0 saturated heterocycles. The summed E-state index contributed by atoms with van der Waals surface area (Å²) in [4.78, 5) is 24.8. The lowest BCUT2D eigenvalue weighted by Gasteiger charge is -2.14. The second kappa shape index (κ2) is 6.69. The predicted molar refractivity (Wildman–Crippen MR) is 94.8 cm³/mol. The van der Waals surface area contributed by atoms with Crippen LogP contribution in [0, 0.1) is 0 Å². The lowest BCUT2D eigenvalue weighted by molar-refractivity contribution is -0.137. The summed E-state index contributed by atoms with van der Waals surface area (Å²) in [6, 6.07) is 6.10. The van der Waals surface area contributed by atoms with E-state index >= 15 is 0 Å². The number of hydrogen-bond donors (Lipinski definition) is 0. The maximum absolute atomic E-state index is 13.3.